The van der Waals surface area contributed by atoms with E-state index in [1.165, 1.54) is 32.1 Å². The van der Waals surface area contributed by atoms with Crippen LogP contribution < -0.4 is 5.32 Å². The number of hydrogen-bond acceptors (Lipinski definition) is 1. The first-order valence-electron chi connectivity index (χ1n) is 7.67. The van der Waals surface area contributed by atoms with Gasteiger partial charge in [-0.1, -0.05) is 13.0 Å². The molecule has 0 aromatic rings. The lowest BCUT2D eigenvalue weighted by molar-refractivity contribution is -0.0452. The average Bonchev–Trinajstić information content (AvgIpc) is 2.31. The normalized spacial score (nSPS) is 44.9. The zero-order valence-corrected chi connectivity index (χ0v) is 11.2. The highest BCUT2D eigenvalue weighted by Gasteiger charge is 2.49. The van der Waals surface area contributed by atoms with Crippen LogP contribution in [-0.4, -0.2) is 12.6 Å². The van der Waals surface area contributed by atoms with Crippen LogP contribution in [0.5, 0.6) is 0 Å². The molecular formula is C16H27N. The summed E-state index contributed by atoms with van der Waals surface area (Å²) in [6, 6.07) is 0.588. The monoisotopic (exact) mass is 233 g/mol. The van der Waals surface area contributed by atoms with Crippen LogP contribution >= 0.6 is 0 Å². The van der Waals surface area contributed by atoms with E-state index >= 15 is 0 Å². The van der Waals surface area contributed by atoms with Crippen LogP contribution in [0.3, 0.4) is 0 Å². The summed E-state index contributed by atoms with van der Waals surface area (Å²) >= 11 is 0. The van der Waals surface area contributed by atoms with Gasteiger partial charge in [-0.25, -0.2) is 0 Å². The van der Waals surface area contributed by atoms with Crippen molar-refractivity contribution in [3.05, 3.63) is 12.7 Å². The molecule has 17 heavy (non-hydrogen) atoms. The molecule has 1 nitrogen and oxygen atoms in total. The second-order valence-electron chi connectivity index (χ2n) is 6.72. The molecule has 4 aliphatic rings. The van der Waals surface area contributed by atoms with E-state index in [2.05, 4.69) is 24.9 Å². The zero-order chi connectivity index (χ0) is 11.8. The third-order valence-corrected chi connectivity index (χ3v) is 5.60. The third kappa shape index (κ3) is 2.07. The Balaban J connectivity index is 1.71. The largest absolute Gasteiger partial charge is 0.310 e. The molecule has 1 N–H and O–H groups in total. The molecule has 96 valence electrons. The van der Waals surface area contributed by atoms with Gasteiger partial charge < -0.3 is 5.32 Å². The standard InChI is InChI=1S/C16H27N/c1-3-5-17-15(4-2)16-13-7-11-6-12(9-13)10-14(16)8-11/h4,11-17H,2-3,5-10H2,1H3. The van der Waals surface area contributed by atoms with Crippen LogP contribution in [-0.2, 0) is 0 Å². The minimum atomic E-state index is 0.588. The first-order valence-corrected chi connectivity index (χ1v) is 7.67. The molecule has 4 saturated carbocycles. The molecule has 4 rings (SSSR count). The van der Waals surface area contributed by atoms with E-state index < -0.39 is 0 Å². The highest BCUT2D eigenvalue weighted by atomic mass is 14.9. The van der Waals surface area contributed by atoms with E-state index in [4.69, 9.17) is 0 Å². The van der Waals surface area contributed by atoms with Crippen molar-refractivity contribution in [2.24, 2.45) is 29.6 Å². The fraction of sp³-hybridized carbons (Fsp3) is 0.875. The SMILES string of the molecule is C=CC(NCCC)C1C2CC3CC(C2)CC1C3. The summed E-state index contributed by atoms with van der Waals surface area (Å²) in [6.07, 6.45) is 11.1. The van der Waals surface area contributed by atoms with E-state index in [0.717, 1.165) is 36.1 Å². The molecule has 0 radical (unpaired) electrons. The Hall–Kier alpha value is -0.300. The van der Waals surface area contributed by atoms with Gasteiger partial charge in [0.05, 0.1) is 0 Å². The van der Waals surface area contributed by atoms with Crippen molar-refractivity contribution in [1.82, 2.24) is 5.32 Å². The second kappa shape index (κ2) is 4.76. The Morgan fingerprint density at radius 1 is 1.12 bits per heavy atom. The summed E-state index contributed by atoms with van der Waals surface area (Å²) in [5.41, 5.74) is 0. The summed E-state index contributed by atoms with van der Waals surface area (Å²) in [5.74, 6) is 5.11. The Labute approximate surface area is 106 Å². The van der Waals surface area contributed by atoms with Crippen molar-refractivity contribution in [2.45, 2.75) is 51.5 Å². The summed E-state index contributed by atoms with van der Waals surface area (Å²) in [6.45, 7) is 7.49. The van der Waals surface area contributed by atoms with Gasteiger partial charge in [0.1, 0.15) is 0 Å². The summed E-state index contributed by atoms with van der Waals surface area (Å²) in [5, 5.41) is 3.73. The van der Waals surface area contributed by atoms with E-state index in [1.54, 1.807) is 6.42 Å². The molecule has 1 unspecified atom stereocenters. The lowest BCUT2D eigenvalue weighted by Gasteiger charge is -2.56. The lowest BCUT2D eigenvalue weighted by atomic mass is 9.50. The van der Waals surface area contributed by atoms with E-state index in [0.29, 0.717) is 6.04 Å². The van der Waals surface area contributed by atoms with Crippen LogP contribution in [0.2, 0.25) is 0 Å². The molecular weight excluding hydrogens is 206 g/mol. The Kier molecular flexibility index (Phi) is 3.30. The molecule has 0 amide bonds. The Morgan fingerprint density at radius 3 is 2.18 bits per heavy atom. The van der Waals surface area contributed by atoms with E-state index in [-0.39, 0.29) is 0 Å². The zero-order valence-electron chi connectivity index (χ0n) is 11.2. The quantitative estimate of drug-likeness (QED) is 0.715. The first-order chi connectivity index (χ1) is 8.31. The molecule has 1 heteroatoms. The van der Waals surface area contributed by atoms with Crippen LogP contribution in [0, 0.1) is 29.6 Å². The Bertz CT molecular complexity index is 255. The van der Waals surface area contributed by atoms with Gasteiger partial charge in [-0.15, -0.1) is 6.58 Å². The van der Waals surface area contributed by atoms with Gasteiger partial charge in [-0.05, 0) is 74.7 Å². The highest BCUT2D eigenvalue weighted by Crippen LogP contribution is 2.57. The highest BCUT2D eigenvalue weighted by molar-refractivity contribution is 5.05. The van der Waals surface area contributed by atoms with Crippen LogP contribution in [0.4, 0.5) is 0 Å². The van der Waals surface area contributed by atoms with Gasteiger partial charge in [-0.3, -0.25) is 0 Å². The van der Waals surface area contributed by atoms with Gasteiger partial charge in [0, 0.05) is 6.04 Å². The minimum Gasteiger partial charge on any atom is -0.310 e. The number of nitrogens with one attached hydrogen (secondary N) is 1. The number of rotatable bonds is 5. The molecule has 0 aromatic heterocycles. The fourth-order valence-electron chi connectivity index (χ4n) is 5.24. The molecule has 4 bridgehead atoms. The predicted molar refractivity (Wildman–Crippen MR) is 72.8 cm³/mol. The van der Waals surface area contributed by atoms with Crippen LogP contribution in [0.1, 0.15) is 45.4 Å². The molecule has 0 spiro atoms. The van der Waals surface area contributed by atoms with Crippen LogP contribution in [0.25, 0.3) is 0 Å². The van der Waals surface area contributed by atoms with Crippen molar-refractivity contribution in [1.29, 1.82) is 0 Å². The molecule has 0 heterocycles. The summed E-state index contributed by atoms with van der Waals surface area (Å²) in [7, 11) is 0. The first kappa shape index (κ1) is 11.8. The fourth-order valence-corrected chi connectivity index (χ4v) is 5.24. The molecule has 0 aliphatic heterocycles. The molecule has 0 saturated heterocycles. The third-order valence-electron chi connectivity index (χ3n) is 5.60. The van der Waals surface area contributed by atoms with E-state index in [9.17, 15) is 0 Å². The maximum Gasteiger partial charge on any atom is 0.0281 e. The van der Waals surface area contributed by atoms with Crippen molar-refractivity contribution in [3.63, 3.8) is 0 Å². The van der Waals surface area contributed by atoms with Crippen molar-refractivity contribution in [2.75, 3.05) is 6.54 Å². The van der Waals surface area contributed by atoms with Gasteiger partial charge in [0.2, 0.25) is 0 Å². The smallest absolute Gasteiger partial charge is 0.0281 e. The van der Waals surface area contributed by atoms with Gasteiger partial charge in [-0.2, -0.15) is 0 Å². The average molecular weight is 233 g/mol. The molecule has 4 fully saturated rings. The maximum atomic E-state index is 4.08. The topological polar surface area (TPSA) is 12.0 Å². The summed E-state index contributed by atoms with van der Waals surface area (Å²) < 4.78 is 0. The van der Waals surface area contributed by atoms with Crippen molar-refractivity contribution < 1.29 is 0 Å². The lowest BCUT2D eigenvalue weighted by Crippen LogP contribution is -2.52. The van der Waals surface area contributed by atoms with Gasteiger partial charge >= 0.3 is 0 Å². The maximum absolute atomic E-state index is 4.08. The van der Waals surface area contributed by atoms with Gasteiger partial charge in [0.15, 0.2) is 0 Å². The molecule has 0 aromatic carbocycles. The number of hydrogen-bond donors (Lipinski definition) is 1. The molecule has 1 atom stereocenters. The minimum absolute atomic E-state index is 0.588. The second-order valence-corrected chi connectivity index (χ2v) is 6.72. The predicted octanol–water partition coefficient (Wildman–Crippen LogP) is 3.61. The van der Waals surface area contributed by atoms with Gasteiger partial charge in [0.25, 0.3) is 0 Å². The van der Waals surface area contributed by atoms with Crippen molar-refractivity contribution >= 4 is 0 Å². The molecule has 4 aliphatic carbocycles. The summed E-state index contributed by atoms with van der Waals surface area (Å²) in [4.78, 5) is 0. The van der Waals surface area contributed by atoms with E-state index in [1.807, 2.05) is 0 Å². The van der Waals surface area contributed by atoms with Crippen LogP contribution in [0.15, 0.2) is 12.7 Å². The van der Waals surface area contributed by atoms with Crippen molar-refractivity contribution in [3.8, 4) is 0 Å². The Morgan fingerprint density at radius 2 is 1.71 bits per heavy atom.